The average Bonchev–Trinajstić information content (AvgIpc) is 3.35. The number of benzene rings is 2. The molecule has 0 radical (unpaired) electrons. The van der Waals surface area contributed by atoms with Gasteiger partial charge in [0, 0.05) is 12.1 Å². The molecule has 0 unspecified atom stereocenters. The van der Waals surface area contributed by atoms with Crippen molar-refractivity contribution < 1.29 is 23.5 Å². The van der Waals surface area contributed by atoms with E-state index in [4.69, 9.17) is 18.7 Å². The standard InChI is InChI=1S/C18H15N3O5/c1-23-13-5-2-11(3-6-13)9-19-17(22)16-20-18(26-21-16)12-4-7-14-15(8-12)25-10-24-14/h2-8H,9-10H2,1H3,(H,19,22). The van der Waals surface area contributed by atoms with Crippen molar-refractivity contribution in [3.8, 4) is 28.7 Å². The molecule has 0 bridgehead atoms. The number of fused-ring (bicyclic) bond motifs is 1. The van der Waals surface area contributed by atoms with Crippen LogP contribution in [0.4, 0.5) is 0 Å². The van der Waals surface area contributed by atoms with Crippen LogP contribution in [-0.4, -0.2) is 30.0 Å². The lowest BCUT2D eigenvalue weighted by Gasteiger charge is -2.04. The van der Waals surface area contributed by atoms with Crippen molar-refractivity contribution in [3.63, 3.8) is 0 Å². The molecule has 8 heteroatoms. The number of carbonyl (C=O) groups is 1. The molecule has 1 aromatic heterocycles. The number of amides is 1. The zero-order valence-electron chi connectivity index (χ0n) is 13.9. The van der Waals surface area contributed by atoms with E-state index in [2.05, 4.69) is 15.5 Å². The topological polar surface area (TPSA) is 95.7 Å². The lowest BCUT2D eigenvalue weighted by molar-refractivity contribution is 0.0937. The number of carbonyl (C=O) groups excluding carboxylic acids is 1. The van der Waals surface area contributed by atoms with Gasteiger partial charge in [0.1, 0.15) is 5.75 Å². The zero-order chi connectivity index (χ0) is 17.9. The first-order valence-electron chi connectivity index (χ1n) is 7.88. The Kier molecular flexibility index (Phi) is 4.14. The number of nitrogens with one attached hydrogen (secondary N) is 1. The van der Waals surface area contributed by atoms with Gasteiger partial charge in [0.25, 0.3) is 17.6 Å². The first-order chi connectivity index (χ1) is 12.7. The van der Waals surface area contributed by atoms with Gasteiger partial charge in [-0.15, -0.1) is 0 Å². The SMILES string of the molecule is COc1ccc(CNC(=O)c2noc(-c3ccc4c(c3)OCO4)n2)cc1. The summed E-state index contributed by atoms with van der Waals surface area (Å²) in [7, 11) is 1.60. The highest BCUT2D eigenvalue weighted by molar-refractivity contribution is 5.90. The molecule has 3 aromatic rings. The van der Waals surface area contributed by atoms with Gasteiger partial charge in [-0.1, -0.05) is 17.3 Å². The van der Waals surface area contributed by atoms with Crippen molar-refractivity contribution in [2.24, 2.45) is 0 Å². The Morgan fingerprint density at radius 3 is 2.77 bits per heavy atom. The minimum absolute atomic E-state index is 0.0359. The van der Waals surface area contributed by atoms with Crippen molar-refractivity contribution in [1.29, 1.82) is 0 Å². The van der Waals surface area contributed by atoms with E-state index in [1.54, 1.807) is 25.3 Å². The highest BCUT2D eigenvalue weighted by atomic mass is 16.7. The molecular weight excluding hydrogens is 338 g/mol. The fraction of sp³-hybridized carbons (Fsp3) is 0.167. The lowest BCUT2D eigenvalue weighted by atomic mass is 10.2. The minimum atomic E-state index is -0.420. The van der Waals surface area contributed by atoms with E-state index in [0.717, 1.165) is 11.3 Å². The van der Waals surface area contributed by atoms with Crippen molar-refractivity contribution in [3.05, 3.63) is 53.9 Å². The molecule has 2 aromatic carbocycles. The van der Waals surface area contributed by atoms with Crippen LogP contribution in [0.1, 0.15) is 16.2 Å². The molecule has 0 fully saturated rings. The molecule has 8 nitrogen and oxygen atoms in total. The van der Waals surface area contributed by atoms with Crippen LogP contribution in [0.15, 0.2) is 47.0 Å². The highest BCUT2D eigenvalue weighted by Gasteiger charge is 2.19. The summed E-state index contributed by atoms with van der Waals surface area (Å²) in [6.45, 7) is 0.526. The second-order valence-corrected chi connectivity index (χ2v) is 5.52. The van der Waals surface area contributed by atoms with Crippen molar-refractivity contribution in [1.82, 2.24) is 15.5 Å². The molecule has 2 heterocycles. The average molecular weight is 353 g/mol. The number of hydrogen-bond acceptors (Lipinski definition) is 7. The van der Waals surface area contributed by atoms with E-state index in [9.17, 15) is 4.79 Å². The van der Waals surface area contributed by atoms with E-state index < -0.39 is 5.91 Å². The van der Waals surface area contributed by atoms with E-state index in [-0.39, 0.29) is 18.5 Å². The summed E-state index contributed by atoms with van der Waals surface area (Å²) in [6.07, 6.45) is 0. The number of rotatable bonds is 5. The molecule has 1 aliphatic rings. The van der Waals surface area contributed by atoms with E-state index >= 15 is 0 Å². The van der Waals surface area contributed by atoms with Crippen LogP contribution in [0.2, 0.25) is 0 Å². The Morgan fingerprint density at radius 2 is 1.96 bits per heavy atom. The van der Waals surface area contributed by atoms with Crippen LogP contribution in [0.25, 0.3) is 11.5 Å². The summed E-state index contributed by atoms with van der Waals surface area (Å²) < 4.78 is 20.9. The second kappa shape index (κ2) is 6.75. The van der Waals surface area contributed by atoms with Gasteiger partial charge >= 0.3 is 0 Å². The summed E-state index contributed by atoms with van der Waals surface area (Å²) in [4.78, 5) is 16.3. The van der Waals surface area contributed by atoms with Gasteiger partial charge in [-0.2, -0.15) is 4.98 Å². The molecule has 0 atom stereocenters. The van der Waals surface area contributed by atoms with Crippen LogP contribution < -0.4 is 19.5 Å². The Labute approximate surface area is 148 Å². The molecule has 1 N–H and O–H groups in total. The van der Waals surface area contributed by atoms with Crippen LogP contribution in [0, 0.1) is 0 Å². The number of methoxy groups -OCH3 is 1. The van der Waals surface area contributed by atoms with Gasteiger partial charge in [-0.3, -0.25) is 4.79 Å². The van der Waals surface area contributed by atoms with Gasteiger partial charge in [0.05, 0.1) is 7.11 Å². The summed E-state index contributed by atoms with van der Waals surface area (Å²) >= 11 is 0. The number of nitrogens with zero attached hydrogens (tertiary/aromatic N) is 2. The Hall–Kier alpha value is -3.55. The highest BCUT2D eigenvalue weighted by Crippen LogP contribution is 2.35. The lowest BCUT2D eigenvalue weighted by Crippen LogP contribution is -2.23. The predicted molar refractivity (Wildman–Crippen MR) is 90.0 cm³/mol. The minimum Gasteiger partial charge on any atom is -0.497 e. The normalized spacial score (nSPS) is 12.0. The maximum Gasteiger partial charge on any atom is 0.292 e. The van der Waals surface area contributed by atoms with Crippen molar-refractivity contribution >= 4 is 5.91 Å². The first kappa shape index (κ1) is 15.9. The maximum atomic E-state index is 12.2. The third kappa shape index (κ3) is 3.16. The van der Waals surface area contributed by atoms with Gasteiger partial charge in [0.2, 0.25) is 6.79 Å². The molecule has 1 aliphatic heterocycles. The van der Waals surface area contributed by atoms with Crippen LogP contribution >= 0.6 is 0 Å². The second-order valence-electron chi connectivity index (χ2n) is 5.52. The predicted octanol–water partition coefficient (Wildman–Crippen LogP) is 2.40. The fourth-order valence-corrected chi connectivity index (χ4v) is 2.47. The number of hydrogen-bond donors (Lipinski definition) is 1. The quantitative estimate of drug-likeness (QED) is 0.752. The molecule has 0 aliphatic carbocycles. The van der Waals surface area contributed by atoms with Crippen molar-refractivity contribution in [2.45, 2.75) is 6.54 Å². The summed E-state index contributed by atoms with van der Waals surface area (Å²) in [5, 5.41) is 6.49. The molecular formula is C18H15N3O5. The fourth-order valence-electron chi connectivity index (χ4n) is 2.47. The summed E-state index contributed by atoms with van der Waals surface area (Å²) in [5.41, 5.74) is 1.58. The van der Waals surface area contributed by atoms with Crippen LogP contribution in [0.3, 0.4) is 0 Å². The molecule has 0 spiro atoms. The van der Waals surface area contributed by atoms with Crippen LogP contribution in [0.5, 0.6) is 17.2 Å². The van der Waals surface area contributed by atoms with Crippen molar-refractivity contribution in [2.75, 3.05) is 13.9 Å². The Bertz CT molecular complexity index is 936. The first-order valence-corrected chi connectivity index (χ1v) is 7.88. The van der Waals surface area contributed by atoms with Gasteiger partial charge in [-0.05, 0) is 35.9 Å². The van der Waals surface area contributed by atoms with Gasteiger partial charge in [0.15, 0.2) is 11.5 Å². The Morgan fingerprint density at radius 1 is 1.15 bits per heavy atom. The molecule has 26 heavy (non-hydrogen) atoms. The smallest absolute Gasteiger partial charge is 0.292 e. The molecule has 1 amide bonds. The Balaban J connectivity index is 1.42. The van der Waals surface area contributed by atoms with Crippen LogP contribution in [-0.2, 0) is 6.54 Å². The maximum absolute atomic E-state index is 12.2. The third-order valence-electron chi connectivity index (χ3n) is 3.86. The largest absolute Gasteiger partial charge is 0.497 e. The summed E-state index contributed by atoms with van der Waals surface area (Å²) in [5.74, 6) is 1.80. The molecule has 132 valence electrons. The number of aromatic nitrogens is 2. The number of ether oxygens (including phenoxy) is 3. The molecule has 4 rings (SSSR count). The van der Waals surface area contributed by atoms with E-state index in [1.165, 1.54) is 0 Å². The monoisotopic (exact) mass is 353 g/mol. The third-order valence-corrected chi connectivity index (χ3v) is 3.86. The van der Waals surface area contributed by atoms with Gasteiger partial charge < -0.3 is 24.1 Å². The molecule has 0 saturated carbocycles. The summed E-state index contributed by atoms with van der Waals surface area (Å²) in [6, 6.07) is 12.6. The van der Waals surface area contributed by atoms with Gasteiger partial charge in [-0.25, -0.2) is 0 Å². The van der Waals surface area contributed by atoms with E-state index in [1.807, 2.05) is 24.3 Å². The van der Waals surface area contributed by atoms with E-state index in [0.29, 0.717) is 23.6 Å². The zero-order valence-corrected chi connectivity index (χ0v) is 13.9. The molecule has 0 saturated heterocycles.